The second kappa shape index (κ2) is 15.1. The predicted octanol–water partition coefficient (Wildman–Crippen LogP) is 2.04. The molecule has 36 heavy (non-hydrogen) atoms. The Kier molecular flexibility index (Phi) is 12.6. The van der Waals surface area contributed by atoms with Crippen molar-refractivity contribution in [2.24, 2.45) is 0 Å². The monoisotopic (exact) mass is 727 g/mol. The van der Waals surface area contributed by atoms with Gasteiger partial charge in [0.15, 0.2) is 5.75 Å². The second-order valence-electron chi connectivity index (χ2n) is 7.72. The number of nitrogens with one attached hydrogen (secondary N) is 2. The third-order valence-corrected chi connectivity index (χ3v) is 6.58. The smallest absolute Gasteiger partial charge is 0.321 e. The van der Waals surface area contributed by atoms with E-state index in [0.29, 0.717) is 11.5 Å². The number of aromatic hydroxyl groups is 1. The fourth-order valence-corrected chi connectivity index (χ4v) is 5.43. The van der Waals surface area contributed by atoms with Crippen molar-refractivity contribution in [3.63, 3.8) is 0 Å². The molecule has 11 nitrogen and oxygen atoms in total. The molecule has 0 aromatic heterocycles. The maximum Gasteiger partial charge on any atom is 0.321 e. The average molecular weight is 727 g/mol. The summed E-state index contributed by atoms with van der Waals surface area (Å²) in [5, 5.41) is 42.6. The highest BCUT2D eigenvalue weighted by Crippen LogP contribution is 2.34. The summed E-state index contributed by atoms with van der Waals surface area (Å²) in [5.41, 5.74) is 0.774. The average Bonchev–Trinajstić information content (AvgIpc) is 2.79. The number of carboxylic acids is 3. The summed E-state index contributed by atoms with van der Waals surface area (Å²) in [4.78, 5) is 35.4. The summed E-state index contributed by atoms with van der Waals surface area (Å²) in [6.07, 6.45) is 0.179. The van der Waals surface area contributed by atoms with Gasteiger partial charge in [0.05, 0.1) is 20.2 Å². The highest BCUT2D eigenvalue weighted by atomic mass is 127. The van der Waals surface area contributed by atoms with Crippen molar-refractivity contribution in [3.05, 3.63) is 49.1 Å². The minimum atomic E-state index is -1.04. The van der Waals surface area contributed by atoms with Crippen LogP contribution < -0.4 is 15.4 Å². The second-order valence-corrected chi connectivity index (χ2v) is 10.0. The molecule has 0 spiro atoms. The van der Waals surface area contributed by atoms with Gasteiger partial charge in [0, 0.05) is 26.2 Å². The van der Waals surface area contributed by atoms with E-state index in [1.165, 1.54) is 12.1 Å². The number of halogens is 2. The molecule has 0 heterocycles. The lowest BCUT2D eigenvalue weighted by Gasteiger charge is -2.29. The highest BCUT2D eigenvalue weighted by molar-refractivity contribution is 14.1. The van der Waals surface area contributed by atoms with Crippen LogP contribution >= 0.6 is 45.2 Å². The molecular formula is C23H27I2N3O8. The Labute approximate surface area is 235 Å². The maximum atomic E-state index is 12.2. The van der Waals surface area contributed by atoms with Crippen molar-refractivity contribution >= 4 is 63.1 Å². The minimum Gasteiger partial charge on any atom is -0.508 e. The molecule has 0 unspecified atom stereocenters. The van der Waals surface area contributed by atoms with E-state index in [-0.39, 0.29) is 51.4 Å². The molecule has 0 radical (unpaired) electrons. The molecule has 2 aromatic rings. The molecule has 1 atom stereocenters. The van der Waals surface area contributed by atoms with E-state index in [9.17, 15) is 24.6 Å². The molecule has 196 valence electrons. The van der Waals surface area contributed by atoms with Gasteiger partial charge in [0.1, 0.15) is 17.5 Å². The van der Waals surface area contributed by atoms with E-state index in [1.54, 1.807) is 17.0 Å². The fraction of sp³-hybridized carbons (Fsp3) is 0.348. The maximum absolute atomic E-state index is 12.2. The Hall–Kier alpha value is -2.21. The SMILES string of the molecule is O=C(O)CNCCN(CCNCC(=O)O)[C@@H](Cc1cc(I)c(Oc2ccc(O)cc2)c(I)c1)C(=O)O. The van der Waals surface area contributed by atoms with Gasteiger partial charge >= 0.3 is 17.9 Å². The first-order chi connectivity index (χ1) is 17.1. The Morgan fingerprint density at radius 2 is 1.39 bits per heavy atom. The predicted molar refractivity (Wildman–Crippen MR) is 148 cm³/mol. The molecule has 2 rings (SSSR count). The Morgan fingerprint density at radius 1 is 0.889 bits per heavy atom. The van der Waals surface area contributed by atoms with Gasteiger partial charge in [0.2, 0.25) is 0 Å². The van der Waals surface area contributed by atoms with Crippen molar-refractivity contribution in [2.45, 2.75) is 12.5 Å². The normalized spacial score (nSPS) is 11.9. The summed E-state index contributed by atoms with van der Waals surface area (Å²) in [7, 11) is 0. The zero-order valence-corrected chi connectivity index (χ0v) is 23.4. The van der Waals surface area contributed by atoms with Crippen molar-refractivity contribution in [3.8, 4) is 17.2 Å². The van der Waals surface area contributed by atoms with Gasteiger partial charge in [-0.1, -0.05) is 0 Å². The Morgan fingerprint density at radius 3 is 1.83 bits per heavy atom. The van der Waals surface area contributed by atoms with Crippen LogP contribution in [0.15, 0.2) is 36.4 Å². The van der Waals surface area contributed by atoms with Crippen LogP contribution in [-0.2, 0) is 20.8 Å². The van der Waals surface area contributed by atoms with E-state index < -0.39 is 23.9 Å². The quantitative estimate of drug-likeness (QED) is 0.111. The highest BCUT2D eigenvalue weighted by Gasteiger charge is 2.26. The first-order valence-corrected chi connectivity index (χ1v) is 13.0. The van der Waals surface area contributed by atoms with Crippen LogP contribution in [0, 0.1) is 7.14 Å². The number of phenolic OH excluding ortho intramolecular Hbond substituents is 1. The minimum absolute atomic E-state index is 0.127. The van der Waals surface area contributed by atoms with E-state index >= 15 is 0 Å². The summed E-state index contributed by atoms with van der Waals surface area (Å²) >= 11 is 4.25. The number of ether oxygens (including phenoxy) is 1. The standard InChI is InChI=1S/C23H27I2N3O8/c24-17-9-14(10-18(25)22(17)36-16-3-1-15(29)2-4-16)11-19(23(34)35)28(7-5-26-12-20(30)31)8-6-27-13-21(32)33/h1-4,9-10,19,26-27,29H,5-8,11-13H2,(H,30,31)(H,32,33)(H,34,35)/t19-/m0/s1. The summed E-state index contributed by atoms with van der Waals surface area (Å²) in [6, 6.07) is 9.10. The van der Waals surface area contributed by atoms with E-state index in [1.807, 2.05) is 12.1 Å². The van der Waals surface area contributed by atoms with Crippen LogP contribution in [0.1, 0.15) is 5.56 Å². The summed E-state index contributed by atoms with van der Waals surface area (Å²) in [6.45, 7) is 0.529. The van der Waals surface area contributed by atoms with Crippen LogP contribution in [0.25, 0.3) is 0 Å². The van der Waals surface area contributed by atoms with Crippen molar-refractivity contribution < 1.29 is 39.5 Å². The van der Waals surface area contributed by atoms with Gasteiger partial charge in [-0.15, -0.1) is 0 Å². The largest absolute Gasteiger partial charge is 0.508 e. The summed E-state index contributed by atoms with van der Waals surface area (Å²) in [5.74, 6) is -1.78. The van der Waals surface area contributed by atoms with Gasteiger partial charge in [0.25, 0.3) is 0 Å². The van der Waals surface area contributed by atoms with E-state index in [0.717, 1.165) is 12.7 Å². The molecule has 0 saturated heterocycles. The molecule has 0 saturated carbocycles. The number of hydrogen-bond acceptors (Lipinski definition) is 8. The van der Waals surface area contributed by atoms with Crippen LogP contribution in [0.5, 0.6) is 17.2 Å². The molecule has 2 aromatic carbocycles. The lowest BCUT2D eigenvalue weighted by molar-refractivity contribution is -0.143. The zero-order valence-electron chi connectivity index (χ0n) is 19.1. The van der Waals surface area contributed by atoms with Gasteiger partial charge in [-0.05, 0) is 93.6 Å². The number of benzene rings is 2. The number of carboxylic acid groups (broad SMARTS) is 3. The number of phenols is 1. The number of rotatable bonds is 16. The van der Waals surface area contributed by atoms with Crippen LogP contribution in [0.2, 0.25) is 0 Å². The van der Waals surface area contributed by atoms with Crippen LogP contribution in [0.4, 0.5) is 0 Å². The molecule has 0 aliphatic carbocycles. The fourth-order valence-electron chi connectivity index (χ4n) is 3.32. The topological polar surface area (TPSA) is 169 Å². The van der Waals surface area contributed by atoms with Gasteiger partial charge in [-0.2, -0.15) is 0 Å². The van der Waals surface area contributed by atoms with Crippen LogP contribution in [-0.4, -0.2) is 88.5 Å². The zero-order chi connectivity index (χ0) is 26.7. The van der Waals surface area contributed by atoms with Gasteiger partial charge in [-0.3, -0.25) is 19.3 Å². The number of hydrogen-bond donors (Lipinski definition) is 6. The molecule has 0 bridgehead atoms. The van der Waals surface area contributed by atoms with E-state index in [4.69, 9.17) is 14.9 Å². The van der Waals surface area contributed by atoms with Gasteiger partial charge < -0.3 is 35.8 Å². The lowest BCUT2D eigenvalue weighted by atomic mass is 10.0. The number of nitrogens with zero attached hydrogens (tertiary/aromatic N) is 1. The molecule has 0 fully saturated rings. The van der Waals surface area contributed by atoms with Crippen molar-refractivity contribution in [1.82, 2.24) is 15.5 Å². The molecule has 0 aliphatic rings. The van der Waals surface area contributed by atoms with Crippen LogP contribution in [0.3, 0.4) is 0 Å². The molecule has 13 heteroatoms. The molecule has 6 N–H and O–H groups in total. The first-order valence-electron chi connectivity index (χ1n) is 10.8. The third-order valence-electron chi connectivity index (χ3n) is 4.97. The van der Waals surface area contributed by atoms with E-state index in [2.05, 4.69) is 55.8 Å². The summed E-state index contributed by atoms with van der Waals surface area (Å²) < 4.78 is 7.52. The van der Waals surface area contributed by atoms with Crippen molar-refractivity contribution in [2.75, 3.05) is 39.3 Å². The first kappa shape index (κ1) is 30.0. The number of aliphatic carboxylic acids is 3. The Balaban J connectivity index is 2.17. The molecule has 0 amide bonds. The Bertz CT molecular complexity index is 1010. The molecular weight excluding hydrogens is 700 g/mol. The number of carbonyl (C=O) groups is 3. The van der Waals surface area contributed by atoms with Gasteiger partial charge in [-0.25, -0.2) is 0 Å². The van der Waals surface area contributed by atoms with Crippen molar-refractivity contribution in [1.29, 1.82) is 0 Å². The molecule has 0 aliphatic heterocycles. The third kappa shape index (κ3) is 10.4. The lowest BCUT2D eigenvalue weighted by Crippen LogP contribution is -2.48.